The Morgan fingerprint density at radius 3 is 2.50 bits per heavy atom. The maximum atomic E-state index is 12.8. The number of hydrogen-bond donors (Lipinski definition) is 1. The molecule has 0 saturated heterocycles. The summed E-state index contributed by atoms with van der Waals surface area (Å²) in [6.45, 7) is 5.70. The number of hydrogen-bond acceptors (Lipinski definition) is 3. The smallest absolute Gasteiger partial charge is 0.224 e. The van der Waals surface area contributed by atoms with Crippen LogP contribution in [0.25, 0.3) is 0 Å². The number of rotatable bonds is 5. The van der Waals surface area contributed by atoms with E-state index in [9.17, 15) is 4.39 Å². The van der Waals surface area contributed by atoms with E-state index in [1.165, 1.54) is 12.1 Å². The van der Waals surface area contributed by atoms with Gasteiger partial charge in [0, 0.05) is 19.5 Å². The Bertz CT molecular complexity index is 504. The second kappa shape index (κ2) is 5.62. The fraction of sp³-hybridized carbons (Fsp3) is 0.385. The second-order valence-electron chi connectivity index (χ2n) is 4.02. The largest absolute Gasteiger partial charge is 0.355 e. The molecular weight excluding hydrogens is 231 g/mol. The van der Waals surface area contributed by atoms with E-state index < -0.39 is 0 Å². The third kappa shape index (κ3) is 2.67. The molecule has 0 radical (unpaired) electrons. The van der Waals surface area contributed by atoms with Crippen LogP contribution in [-0.2, 0) is 13.0 Å². The summed E-state index contributed by atoms with van der Waals surface area (Å²) in [5, 5.41) is 11.5. The Morgan fingerprint density at radius 1 is 1.17 bits per heavy atom. The lowest BCUT2D eigenvalue weighted by molar-refractivity contribution is 0.627. The lowest BCUT2D eigenvalue weighted by Gasteiger charge is -2.07. The second-order valence-corrected chi connectivity index (χ2v) is 4.02. The highest BCUT2D eigenvalue weighted by Crippen LogP contribution is 2.13. The van der Waals surface area contributed by atoms with Crippen LogP contribution in [0.15, 0.2) is 24.3 Å². The molecule has 18 heavy (non-hydrogen) atoms. The van der Waals surface area contributed by atoms with Crippen molar-refractivity contribution in [1.29, 1.82) is 0 Å². The van der Waals surface area contributed by atoms with Gasteiger partial charge in [-0.1, -0.05) is 12.1 Å². The van der Waals surface area contributed by atoms with Gasteiger partial charge in [0.25, 0.3) is 0 Å². The first kappa shape index (κ1) is 12.5. The van der Waals surface area contributed by atoms with Gasteiger partial charge in [-0.2, -0.15) is 0 Å². The van der Waals surface area contributed by atoms with Gasteiger partial charge in [-0.15, -0.1) is 10.2 Å². The van der Waals surface area contributed by atoms with Gasteiger partial charge in [-0.05, 0) is 31.5 Å². The third-order valence-corrected chi connectivity index (χ3v) is 2.75. The van der Waals surface area contributed by atoms with Gasteiger partial charge in [0.2, 0.25) is 5.95 Å². The standard InChI is InChI=1S/C13H17FN4/c1-3-15-13-17-16-12(18(13)4-2)9-10-5-7-11(14)8-6-10/h5-8H,3-4,9H2,1-2H3,(H,15,17). The summed E-state index contributed by atoms with van der Waals surface area (Å²) in [7, 11) is 0. The van der Waals surface area contributed by atoms with Crippen molar-refractivity contribution in [2.24, 2.45) is 0 Å². The zero-order valence-electron chi connectivity index (χ0n) is 10.7. The van der Waals surface area contributed by atoms with E-state index in [0.29, 0.717) is 6.42 Å². The number of halogens is 1. The summed E-state index contributed by atoms with van der Waals surface area (Å²) in [6.07, 6.45) is 0.659. The topological polar surface area (TPSA) is 42.7 Å². The summed E-state index contributed by atoms with van der Waals surface area (Å²) < 4.78 is 14.9. The molecule has 96 valence electrons. The van der Waals surface area contributed by atoms with Gasteiger partial charge in [0.1, 0.15) is 11.6 Å². The Labute approximate surface area is 106 Å². The maximum absolute atomic E-state index is 12.8. The lowest BCUT2D eigenvalue weighted by Crippen LogP contribution is -2.08. The van der Waals surface area contributed by atoms with Crippen molar-refractivity contribution in [3.63, 3.8) is 0 Å². The summed E-state index contributed by atoms with van der Waals surface area (Å²) >= 11 is 0. The van der Waals surface area contributed by atoms with E-state index in [4.69, 9.17) is 0 Å². The van der Waals surface area contributed by atoms with Crippen LogP contribution in [0.1, 0.15) is 25.2 Å². The molecule has 0 bridgehead atoms. The van der Waals surface area contributed by atoms with Gasteiger partial charge < -0.3 is 5.32 Å². The Balaban J connectivity index is 2.20. The number of nitrogens with one attached hydrogen (secondary N) is 1. The highest BCUT2D eigenvalue weighted by molar-refractivity contribution is 5.28. The first-order chi connectivity index (χ1) is 8.74. The van der Waals surface area contributed by atoms with E-state index in [2.05, 4.69) is 22.4 Å². The van der Waals surface area contributed by atoms with Crippen molar-refractivity contribution in [3.05, 3.63) is 41.5 Å². The van der Waals surface area contributed by atoms with Crippen LogP contribution in [0.3, 0.4) is 0 Å². The van der Waals surface area contributed by atoms with Gasteiger partial charge in [0.05, 0.1) is 0 Å². The predicted octanol–water partition coefficient (Wildman–Crippen LogP) is 2.46. The Hall–Kier alpha value is -1.91. The summed E-state index contributed by atoms with van der Waals surface area (Å²) in [6, 6.07) is 6.48. The van der Waals surface area contributed by atoms with E-state index in [0.717, 1.165) is 30.4 Å². The molecule has 1 N–H and O–H groups in total. The van der Waals surface area contributed by atoms with Crippen molar-refractivity contribution in [2.45, 2.75) is 26.8 Å². The quantitative estimate of drug-likeness (QED) is 0.883. The summed E-state index contributed by atoms with van der Waals surface area (Å²) in [5.74, 6) is 1.46. The molecule has 2 aromatic rings. The van der Waals surface area contributed by atoms with Crippen LogP contribution in [-0.4, -0.2) is 21.3 Å². The van der Waals surface area contributed by atoms with Crippen LogP contribution in [0.4, 0.5) is 10.3 Å². The minimum Gasteiger partial charge on any atom is -0.355 e. The molecule has 1 heterocycles. The summed E-state index contributed by atoms with van der Waals surface area (Å²) in [5.41, 5.74) is 1.03. The molecule has 0 spiro atoms. The Kier molecular flexibility index (Phi) is 3.92. The molecule has 0 saturated carbocycles. The molecule has 5 heteroatoms. The van der Waals surface area contributed by atoms with E-state index in [-0.39, 0.29) is 5.82 Å². The predicted molar refractivity (Wildman–Crippen MR) is 69.1 cm³/mol. The molecule has 4 nitrogen and oxygen atoms in total. The lowest BCUT2D eigenvalue weighted by atomic mass is 10.1. The van der Waals surface area contributed by atoms with Gasteiger partial charge in [-0.3, -0.25) is 4.57 Å². The molecule has 1 aromatic heterocycles. The average molecular weight is 248 g/mol. The van der Waals surface area contributed by atoms with Crippen LogP contribution < -0.4 is 5.32 Å². The fourth-order valence-corrected chi connectivity index (χ4v) is 1.87. The molecule has 1 aromatic carbocycles. The van der Waals surface area contributed by atoms with Crippen molar-refractivity contribution in [3.8, 4) is 0 Å². The molecule has 0 aliphatic carbocycles. The minimum absolute atomic E-state index is 0.218. The van der Waals surface area contributed by atoms with Gasteiger partial charge in [0.15, 0.2) is 0 Å². The number of nitrogens with zero attached hydrogens (tertiary/aromatic N) is 3. The SMILES string of the molecule is CCNc1nnc(Cc2ccc(F)cc2)n1CC. The summed E-state index contributed by atoms with van der Waals surface area (Å²) in [4.78, 5) is 0. The molecule has 0 unspecified atom stereocenters. The normalized spacial score (nSPS) is 10.6. The Morgan fingerprint density at radius 2 is 1.89 bits per heavy atom. The monoisotopic (exact) mass is 248 g/mol. The first-order valence-electron chi connectivity index (χ1n) is 6.15. The molecule has 2 rings (SSSR count). The van der Waals surface area contributed by atoms with E-state index >= 15 is 0 Å². The zero-order valence-corrected chi connectivity index (χ0v) is 10.7. The van der Waals surface area contributed by atoms with Gasteiger partial charge in [-0.25, -0.2) is 4.39 Å². The number of benzene rings is 1. The first-order valence-corrected chi connectivity index (χ1v) is 6.15. The molecule has 0 atom stereocenters. The average Bonchev–Trinajstić information content (AvgIpc) is 2.75. The van der Waals surface area contributed by atoms with Crippen LogP contribution in [0.5, 0.6) is 0 Å². The minimum atomic E-state index is -0.218. The van der Waals surface area contributed by atoms with Crippen molar-refractivity contribution in [2.75, 3.05) is 11.9 Å². The highest BCUT2D eigenvalue weighted by Gasteiger charge is 2.10. The molecule has 0 fully saturated rings. The van der Waals surface area contributed by atoms with Crippen LogP contribution >= 0.6 is 0 Å². The molecular formula is C13H17FN4. The van der Waals surface area contributed by atoms with Crippen molar-refractivity contribution < 1.29 is 4.39 Å². The van der Waals surface area contributed by atoms with Crippen LogP contribution in [0, 0.1) is 5.82 Å². The number of aromatic nitrogens is 3. The third-order valence-electron chi connectivity index (χ3n) is 2.75. The number of anilines is 1. The zero-order chi connectivity index (χ0) is 13.0. The van der Waals surface area contributed by atoms with Gasteiger partial charge >= 0.3 is 0 Å². The highest BCUT2D eigenvalue weighted by atomic mass is 19.1. The maximum Gasteiger partial charge on any atom is 0.224 e. The van der Waals surface area contributed by atoms with Crippen molar-refractivity contribution in [1.82, 2.24) is 14.8 Å². The van der Waals surface area contributed by atoms with Crippen molar-refractivity contribution >= 4 is 5.95 Å². The van der Waals surface area contributed by atoms with Crippen LogP contribution in [0.2, 0.25) is 0 Å². The molecule has 0 aliphatic heterocycles. The molecule has 0 aliphatic rings. The molecule has 0 amide bonds. The van der Waals surface area contributed by atoms with E-state index in [1.807, 2.05) is 11.5 Å². The fourth-order valence-electron chi connectivity index (χ4n) is 1.87. The van der Waals surface area contributed by atoms with E-state index in [1.54, 1.807) is 12.1 Å².